The molecule has 0 spiro atoms. The van der Waals surface area contributed by atoms with E-state index in [1.165, 1.54) is 6.08 Å². The van der Waals surface area contributed by atoms with Gasteiger partial charge in [-0.15, -0.1) is 10.2 Å². The molecule has 0 atom stereocenters. The van der Waals surface area contributed by atoms with Crippen molar-refractivity contribution in [1.29, 1.82) is 0 Å². The molecule has 1 aliphatic heterocycles. The molecule has 0 amide bonds. The largest absolute Gasteiger partial charge is 1.00 e. The van der Waals surface area contributed by atoms with Gasteiger partial charge >= 0.3 is 51.4 Å². The number of hydrogen-bond donors (Lipinski definition) is 0. The van der Waals surface area contributed by atoms with Crippen LogP contribution in [0.2, 0.25) is 0 Å². The molecule has 60 valence electrons. The number of hydrogen-bond acceptors (Lipinski definition) is 5. The van der Waals surface area contributed by atoms with E-state index in [-0.39, 0.29) is 63.4 Å². The molecule has 2 aliphatic rings. The fourth-order valence-electron chi connectivity index (χ4n) is 1.05. The maximum atomic E-state index is 10.4. The molecule has 0 radical (unpaired) electrons. The van der Waals surface area contributed by atoms with Crippen molar-refractivity contribution in [2.75, 3.05) is 0 Å². The van der Waals surface area contributed by atoms with Crippen LogP contribution in [0.1, 0.15) is 6.42 Å². The molecule has 5 nitrogen and oxygen atoms in total. The van der Waals surface area contributed by atoms with Crippen molar-refractivity contribution < 1.29 is 61.3 Å². The van der Waals surface area contributed by atoms with Crippen molar-refractivity contribution in [1.82, 2.24) is 0 Å². The van der Waals surface area contributed by atoms with Gasteiger partial charge in [0.1, 0.15) is 5.70 Å². The van der Waals surface area contributed by atoms with Gasteiger partial charge in [0.2, 0.25) is 0 Å². The summed E-state index contributed by atoms with van der Waals surface area (Å²) in [5, 5.41) is 21.2. The minimum Gasteiger partial charge on any atom is -0.545 e. The van der Waals surface area contributed by atoms with E-state index in [9.17, 15) is 9.90 Å². The van der Waals surface area contributed by atoms with E-state index in [1.54, 1.807) is 6.08 Å². The number of rotatable bonds is 1. The molecular weight excluding hydrogens is 197 g/mol. The molecule has 1 aliphatic carbocycles. The summed E-state index contributed by atoms with van der Waals surface area (Å²) in [4.78, 5) is 10.4. The first-order valence-electron chi connectivity index (χ1n) is 3.37. The molecule has 0 saturated carbocycles. The maximum absolute atomic E-state index is 10.4. The second kappa shape index (κ2) is 4.38. The molecule has 0 aromatic rings. The van der Waals surface area contributed by atoms with Crippen LogP contribution in [-0.2, 0) is 4.79 Å². The van der Waals surface area contributed by atoms with E-state index in [4.69, 9.17) is 0 Å². The topological polar surface area (TPSA) is 77.2 Å². The summed E-state index contributed by atoms with van der Waals surface area (Å²) in [6.45, 7) is 0. The fourth-order valence-corrected chi connectivity index (χ4v) is 1.05. The first-order valence-corrected chi connectivity index (χ1v) is 3.37. The van der Waals surface area contributed by atoms with Crippen LogP contribution in [0.3, 0.4) is 0 Å². The Hall–Kier alpha value is -0.144. The number of nitrogens with zero attached hydrogens (tertiary/aromatic N) is 3. The van der Waals surface area contributed by atoms with Crippen LogP contribution in [-0.4, -0.2) is 11.7 Å². The van der Waals surface area contributed by atoms with Crippen molar-refractivity contribution in [3.8, 4) is 0 Å². The first-order chi connectivity index (χ1) is 5.77. The van der Waals surface area contributed by atoms with E-state index in [1.807, 2.05) is 0 Å². The van der Waals surface area contributed by atoms with Gasteiger partial charge in [0.15, 0.2) is 0 Å². The number of aliphatic carboxylic acids is 1. The molecule has 0 aromatic heterocycles. The Morgan fingerprint density at radius 2 is 2.23 bits per heavy atom. The van der Waals surface area contributed by atoms with Crippen LogP contribution in [0.4, 0.5) is 0 Å². The van der Waals surface area contributed by atoms with Gasteiger partial charge in [-0.05, 0) is 16.9 Å². The maximum Gasteiger partial charge on any atom is 1.00 e. The zero-order valence-electron chi connectivity index (χ0n) is 7.02. The van der Waals surface area contributed by atoms with Crippen molar-refractivity contribution in [2.45, 2.75) is 6.42 Å². The quantitative estimate of drug-likeness (QED) is 0.418. The minimum absolute atomic E-state index is 0. The molecule has 13 heavy (non-hydrogen) atoms. The molecular formula is C7H4KN3O2. The van der Waals surface area contributed by atoms with Gasteiger partial charge in [0, 0.05) is 6.42 Å². The van der Waals surface area contributed by atoms with E-state index in [2.05, 4.69) is 15.4 Å². The standard InChI is InChI=1S/C7H5N3O2.K/c11-7(12)4-1-2-5-6(3-4)9-10-8-5;/h1-2H,3H2,(H,11,12);/q;+1/p-1. The summed E-state index contributed by atoms with van der Waals surface area (Å²) in [5.41, 5.74) is 1.45. The van der Waals surface area contributed by atoms with Crippen LogP contribution in [0.5, 0.6) is 0 Å². The first kappa shape index (κ1) is 10.9. The Morgan fingerprint density at radius 3 is 2.92 bits per heavy atom. The zero-order valence-corrected chi connectivity index (χ0v) is 10.1. The molecule has 0 saturated heterocycles. The Morgan fingerprint density at radius 1 is 1.46 bits per heavy atom. The second-order valence-corrected chi connectivity index (χ2v) is 2.44. The third kappa shape index (κ3) is 2.20. The van der Waals surface area contributed by atoms with E-state index in [0.717, 1.165) is 0 Å². The van der Waals surface area contributed by atoms with Gasteiger partial charge in [0.05, 0.1) is 11.7 Å². The Bertz CT molecular complexity index is 368. The van der Waals surface area contributed by atoms with Crippen molar-refractivity contribution in [3.63, 3.8) is 0 Å². The molecule has 0 aromatic carbocycles. The summed E-state index contributed by atoms with van der Waals surface area (Å²) >= 11 is 0. The summed E-state index contributed by atoms with van der Waals surface area (Å²) in [6, 6.07) is 0. The predicted molar refractivity (Wildman–Crippen MR) is 38.1 cm³/mol. The second-order valence-electron chi connectivity index (χ2n) is 2.44. The fraction of sp³-hybridized carbons (Fsp3) is 0.143. The monoisotopic (exact) mass is 201 g/mol. The Kier molecular flexibility index (Phi) is 3.69. The number of carboxylic acids is 1. The summed E-state index contributed by atoms with van der Waals surface area (Å²) < 4.78 is 0. The smallest absolute Gasteiger partial charge is 0.545 e. The van der Waals surface area contributed by atoms with Crippen molar-refractivity contribution >= 4 is 11.7 Å². The van der Waals surface area contributed by atoms with Gasteiger partial charge < -0.3 is 9.90 Å². The normalized spacial score (nSPS) is 18.0. The summed E-state index contributed by atoms with van der Waals surface area (Å²) in [5.74, 6) is -1.17. The number of carbonyl (C=O) groups is 1. The van der Waals surface area contributed by atoms with Crippen LogP contribution in [0, 0.1) is 0 Å². The van der Waals surface area contributed by atoms with Gasteiger partial charge in [-0.3, -0.25) is 0 Å². The molecule has 0 unspecified atom stereocenters. The van der Waals surface area contributed by atoms with Crippen molar-refractivity contribution in [2.24, 2.45) is 15.4 Å². The molecule has 0 N–H and O–H groups in total. The van der Waals surface area contributed by atoms with E-state index in [0.29, 0.717) is 11.4 Å². The zero-order chi connectivity index (χ0) is 8.55. The third-order valence-corrected chi connectivity index (χ3v) is 1.68. The molecule has 2 rings (SSSR count). The number of carboxylic acid groups (broad SMARTS) is 1. The summed E-state index contributed by atoms with van der Waals surface area (Å²) in [7, 11) is 0. The van der Waals surface area contributed by atoms with Gasteiger partial charge in [-0.25, -0.2) is 0 Å². The third-order valence-electron chi connectivity index (χ3n) is 1.68. The van der Waals surface area contributed by atoms with E-state index >= 15 is 0 Å². The molecule has 6 heteroatoms. The van der Waals surface area contributed by atoms with Gasteiger partial charge in [-0.2, -0.15) is 0 Å². The Labute approximate surface area is 117 Å². The van der Waals surface area contributed by atoms with Gasteiger partial charge in [-0.1, -0.05) is 6.08 Å². The molecule has 0 bridgehead atoms. The van der Waals surface area contributed by atoms with Crippen LogP contribution in [0.25, 0.3) is 0 Å². The average Bonchev–Trinajstić information content (AvgIpc) is 2.49. The Balaban J connectivity index is 0.000000845. The predicted octanol–water partition coefficient (Wildman–Crippen LogP) is -3.22. The van der Waals surface area contributed by atoms with E-state index < -0.39 is 5.97 Å². The number of fused-ring (bicyclic) bond motifs is 1. The molecule has 0 fully saturated rings. The van der Waals surface area contributed by atoms with Gasteiger partial charge in [0.25, 0.3) is 0 Å². The van der Waals surface area contributed by atoms with Crippen molar-refractivity contribution in [3.05, 3.63) is 23.4 Å². The molecule has 1 heterocycles. The summed E-state index contributed by atoms with van der Waals surface area (Å²) in [6.07, 6.45) is 3.29. The minimum atomic E-state index is -1.17. The number of allylic oxidation sites excluding steroid dienone is 3. The SMILES string of the molecule is O=C([O-])C1=CC=C2N=NN=C2C1.[K+]. The number of carbonyl (C=O) groups excluding carboxylic acids is 1. The van der Waals surface area contributed by atoms with Crippen LogP contribution >= 0.6 is 0 Å². The average molecular weight is 201 g/mol. The van der Waals surface area contributed by atoms with Crippen LogP contribution in [0.15, 0.2) is 38.9 Å². The van der Waals surface area contributed by atoms with Crippen LogP contribution < -0.4 is 56.5 Å².